The second-order valence-corrected chi connectivity index (χ2v) is 13.1. The molecule has 1 aliphatic heterocycles. The number of halogens is 2. The van der Waals surface area contributed by atoms with E-state index in [0.717, 1.165) is 29.6 Å². The van der Waals surface area contributed by atoms with Crippen LogP contribution in [0.1, 0.15) is 43.5 Å². The summed E-state index contributed by atoms with van der Waals surface area (Å²) in [5.74, 6) is 0.566. The molecule has 2 heterocycles. The first kappa shape index (κ1) is 28.7. The number of thiazole rings is 1. The van der Waals surface area contributed by atoms with Gasteiger partial charge in [-0.2, -0.15) is 0 Å². The second-order valence-electron chi connectivity index (χ2n) is 9.79. The molecule has 6 nitrogen and oxygen atoms in total. The van der Waals surface area contributed by atoms with E-state index < -0.39 is 6.04 Å². The number of hydrogen-bond donors (Lipinski definition) is 1. The third kappa shape index (κ3) is 5.96. The third-order valence-electron chi connectivity index (χ3n) is 6.36. The molecule has 1 aliphatic rings. The number of fused-ring (bicyclic) bond motifs is 1. The zero-order valence-electron chi connectivity index (χ0n) is 22.4. The van der Waals surface area contributed by atoms with Gasteiger partial charge in [0.05, 0.1) is 35.1 Å². The first-order valence-electron chi connectivity index (χ1n) is 12.7. The Morgan fingerprint density at radius 3 is 2.33 bits per heavy atom. The Morgan fingerprint density at radius 1 is 1.05 bits per heavy atom. The lowest BCUT2D eigenvalue weighted by Crippen LogP contribution is -2.40. The van der Waals surface area contributed by atoms with Gasteiger partial charge in [-0.15, -0.1) is 0 Å². The van der Waals surface area contributed by atoms with E-state index in [9.17, 15) is 9.59 Å². The lowest BCUT2D eigenvalue weighted by molar-refractivity contribution is -0.113. The molecule has 9 heteroatoms. The van der Waals surface area contributed by atoms with Gasteiger partial charge in [-0.05, 0) is 114 Å². The average Bonchev–Trinajstić information content (AvgIpc) is 3.20. The second kappa shape index (κ2) is 12.0. The molecule has 0 fully saturated rings. The molecule has 0 saturated heterocycles. The maximum atomic E-state index is 14.0. The first-order chi connectivity index (χ1) is 19.1. The van der Waals surface area contributed by atoms with Gasteiger partial charge in [0.15, 0.2) is 4.80 Å². The maximum Gasteiger partial charge on any atom is 0.271 e. The molecule has 40 heavy (non-hydrogen) atoms. The van der Waals surface area contributed by atoms with Crippen molar-refractivity contribution >= 4 is 74.2 Å². The summed E-state index contributed by atoms with van der Waals surface area (Å²) < 4.78 is 10.1. The summed E-state index contributed by atoms with van der Waals surface area (Å²) in [7, 11) is 0. The molecule has 5 rings (SSSR count). The quantitative estimate of drug-likeness (QED) is 0.238. The van der Waals surface area contributed by atoms with Gasteiger partial charge < -0.3 is 10.1 Å². The summed E-state index contributed by atoms with van der Waals surface area (Å²) in [6.45, 7) is 7.85. The highest BCUT2D eigenvalue weighted by atomic mass is 127. The fourth-order valence-electron chi connectivity index (χ4n) is 4.56. The number of allylic oxidation sites excluding steroid dienone is 1. The number of nitrogens with one attached hydrogen (secondary N) is 1. The number of amides is 1. The molecule has 0 bridgehead atoms. The fraction of sp³-hybridized carbons (Fsp3) is 0.194. The standard InChI is InChI=1S/C31H27I2N3O3S/c1-17(2)39-28-23(32)14-20(15-24(28)33)16-25-30(38)36-27(21-12-10-18(3)11-13-21)26(19(4)34-31(36)40-25)29(37)35-22-8-6-5-7-9-22/h5-17,27H,1-4H3,(H,35,37)/b25-16-/t27-/m0/s1. The van der Waals surface area contributed by atoms with Crippen LogP contribution >= 0.6 is 56.5 Å². The van der Waals surface area contributed by atoms with Crippen LogP contribution in [0.2, 0.25) is 0 Å². The number of aryl methyl sites for hydroxylation is 1. The number of carbonyl (C=O) groups is 1. The van der Waals surface area contributed by atoms with Gasteiger partial charge in [0.1, 0.15) is 5.75 Å². The minimum Gasteiger partial charge on any atom is -0.489 e. The number of ether oxygens (including phenoxy) is 1. The molecule has 1 atom stereocenters. The van der Waals surface area contributed by atoms with Gasteiger partial charge in [0.25, 0.3) is 11.5 Å². The molecule has 0 unspecified atom stereocenters. The van der Waals surface area contributed by atoms with E-state index in [1.807, 2.05) is 101 Å². The van der Waals surface area contributed by atoms with Crippen LogP contribution in [0.25, 0.3) is 6.08 Å². The minimum atomic E-state index is -0.607. The van der Waals surface area contributed by atoms with Crippen molar-refractivity contribution in [1.29, 1.82) is 0 Å². The van der Waals surface area contributed by atoms with Crippen LogP contribution in [-0.4, -0.2) is 16.6 Å². The van der Waals surface area contributed by atoms with Gasteiger partial charge >= 0.3 is 0 Å². The van der Waals surface area contributed by atoms with Crippen LogP contribution < -0.4 is 24.9 Å². The molecule has 0 aliphatic carbocycles. The van der Waals surface area contributed by atoms with Crippen molar-refractivity contribution in [3.63, 3.8) is 0 Å². The van der Waals surface area contributed by atoms with Crippen LogP contribution in [-0.2, 0) is 4.79 Å². The number of benzene rings is 3. The maximum absolute atomic E-state index is 14.0. The van der Waals surface area contributed by atoms with Gasteiger partial charge in [-0.3, -0.25) is 14.2 Å². The SMILES string of the molecule is CC1=C(C(=O)Nc2ccccc2)[C@H](c2ccc(C)cc2)n2c(s/c(=C\c3cc(I)c(OC(C)C)c(I)c3)c2=O)=N1. The average molecular weight is 775 g/mol. The molecule has 1 aromatic heterocycles. The number of nitrogens with zero attached hydrogens (tertiary/aromatic N) is 2. The summed E-state index contributed by atoms with van der Waals surface area (Å²) in [4.78, 5) is 33.0. The Balaban J connectivity index is 1.64. The van der Waals surface area contributed by atoms with Crippen LogP contribution in [0, 0.1) is 14.1 Å². The van der Waals surface area contributed by atoms with Crippen LogP contribution in [0.4, 0.5) is 5.69 Å². The normalized spacial score (nSPS) is 15.2. The zero-order valence-corrected chi connectivity index (χ0v) is 27.5. The Morgan fingerprint density at radius 2 is 1.70 bits per heavy atom. The molecule has 0 saturated carbocycles. The molecule has 4 aromatic rings. The zero-order chi connectivity index (χ0) is 28.6. The number of anilines is 1. The minimum absolute atomic E-state index is 0.0647. The van der Waals surface area contributed by atoms with E-state index in [2.05, 4.69) is 50.5 Å². The number of rotatable bonds is 6. The largest absolute Gasteiger partial charge is 0.489 e. The molecule has 1 N–H and O–H groups in total. The van der Waals surface area contributed by atoms with E-state index in [0.29, 0.717) is 26.3 Å². The Bertz CT molecular complexity index is 1780. The summed E-state index contributed by atoms with van der Waals surface area (Å²) in [6.07, 6.45) is 1.96. The van der Waals surface area contributed by atoms with Crippen molar-refractivity contribution in [2.24, 2.45) is 4.99 Å². The van der Waals surface area contributed by atoms with Crippen LogP contribution in [0.3, 0.4) is 0 Å². The molecular formula is C31H27I2N3O3S. The Kier molecular flexibility index (Phi) is 8.62. The van der Waals surface area contributed by atoms with E-state index in [1.54, 1.807) is 4.57 Å². The Labute approximate surface area is 263 Å². The van der Waals surface area contributed by atoms with Gasteiger partial charge in [0.2, 0.25) is 0 Å². The number of para-hydroxylation sites is 1. The van der Waals surface area contributed by atoms with Gasteiger partial charge in [-0.25, -0.2) is 4.99 Å². The predicted molar refractivity (Wildman–Crippen MR) is 178 cm³/mol. The van der Waals surface area contributed by atoms with Gasteiger partial charge in [0, 0.05) is 5.69 Å². The highest BCUT2D eigenvalue weighted by Gasteiger charge is 2.32. The number of carbonyl (C=O) groups excluding carboxylic acids is 1. The lowest BCUT2D eigenvalue weighted by Gasteiger charge is -2.25. The van der Waals surface area contributed by atoms with Crippen molar-refractivity contribution in [3.05, 3.63) is 122 Å². The monoisotopic (exact) mass is 775 g/mol. The third-order valence-corrected chi connectivity index (χ3v) is 8.95. The van der Waals surface area contributed by atoms with Crippen LogP contribution in [0.5, 0.6) is 5.75 Å². The summed E-state index contributed by atoms with van der Waals surface area (Å²) in [6, 6.07) is 20.7. The van der Waals surface area contributed by atoms with Crippen molar-refractivity contribution in [1.82, 2.24) is 4.57 Å². The molecule has 204 valence electrons. The van der Waals surface area contributed by atoms with E-state index in [-0.39, 0.29) is 17.6 Å². The summed E-state index contributed by atoms with van der Waals surface area (Å²) >= 11 is 5.87. The van der Waals surface area contributed by atoms with E-state index in [1.165, 1.54) is 11.3 Å². The first-order valence-corrected chi connectivity index (χ1v) is 15.7. The van der Waals surface area contributed by atoms with Crippen LogP contribution in [0.15, 0.2) is 87.8 Å². The van der Waals surface area contributed by atoms with Crippen molar-refractivity contribution < 1.29 is 9.53 Å². The summed E-state index contributed by atoms with van der Waals surface area (Å²) in [5, 5.41) is 2.99. The highest BCUT2D eigenvalue weighted by molar-refractivity contribution is 14.1. The fourth-order valence-corrected chi connectivity index (χ4v) is 7.68. The molecule has 1 amide bonds. The number of hydrogen-bond acceptors (Lipinski definition) is 5. The highest BCUT2D eigenvalue weighted by Crippen LogP contribution is 2.32. The van der Waals surface area contributed by atoms with Crippen molar-refractivity contribution in [3.8, 4) is 5.75 Å². The van der Waals surface area contributed by atoms with Crippen molar-refractivity contribution in [2.75, 3.05) is 5.32 Å². The van der Waals surface area contributed by atoms with Gasteiger partial charge in [-0.1, -0.05) is 59.4 Å². The molecule has 3 aromatic carbocycles. The molecule has 0 spiro atoms. The van der Waals surface area contributed by atoms with E-state index >= 15 is 0 Å². The van der Waals surface area contributed by atoms with Crippen molar-refractivity contribution in [2.45, 2.75) is 39.8 Å². The predicted octanol–water partition coefficient (Wildman–Crippen LogP) is 6.18. The number of aromatic nitrogens is 1. The topological polar surface area (TPSA) is 72.7 Å². The smallest absolute Gasteiger partial charge is 0.271 e. The lowest BCUT2D eigenvalue weighted by atomic mass is 9.94. The molecular weight excluding hydrogens is 748 g/mol. The molecule has 0 radical (unpaired) electrons. The summed E-state index contributed by atoms with van der Waals surface area (Å²) in [5.41, 5.74) is 4.39. The Hall–Kier alpha value is -2.77. The van der Waals surface area contributed by atoms with E-state index in [4.69, 9.17) is 9.73 Å².